The van der Waals surface area contributed by atoms with E-state index in [-0.39, 0.29) is 0 Å². The van der Waals surface area contributed by atoms with Crippen molar-refractivity contribution in [3.63, 3.8) is 0 Å². The lowest BCUT2D eigenvalue weighted by molar-refractivity contribution is 0.627. The maximum Gasteiger partial charge on any atom is 0.196 e. The average Bonchev–Trinajstić information content (AvgIpc) is 3.39. The fourth-order valence-electron chi connectivity index (χ4n) is 2.58. The number of benzene rings is 1. The van der Waals surface area contributed by atoms with Gasteiger partial charge in [-0.05, 0) is 55.1 Å². The summed E-state index contributed by atoms with van der Waals surface area (Å²) in [6, 6.07) is 6.50. The van der Waals surface area contributed by atoms with Gasteiger partial charge in [0.05, 0.1) is 0 Å². The first-order valence-corrected chi connectivity index (χ1v) is 8.57. The van der Waals surface area contributed by atoms with Gasteiger partial charge in [-0.2, -0.15) is 0 Å². The highest BCUT2D eigenvalue weighted by molar-refractivity contribution is 7.99. The summed E-state index contributed by atoms with van der Waals surface area (Å²) in [6.45, 7) is 0.440. The lowest BCUT2D eigenvalue weighted by Gasteiger charge is -2.11. The van der Waals surface area contributed by atoms with Crippen molar-refractivity contribution in [2.75, 3.05) is 0 Å². The number of nitrogens with two attached hydrogens (primary N) is 1. The molecule has 21 heavy (non-hydrogen) atoms. The molecule has 1 aromatic heterocycles. The van der Waals surface area contributed by atoms with Crippen molar-refractivity contribution in [2.45, 2.75) is 54.2 Å². The van der Waals surface area contributed by atoms with Crippen LogP contribution in [0.1, 0.15) is 49.0 Å². The summed E-state index contributed by atoms with van der Waals surface area (Å²) in [5.41, 5.74) is 6.83. The van der Waals surface area contributed by atoms with Gasteiger partial charge in [-0.1, -0.05) is 17.7 Å². The molecule has 0 radical (unpaired) electrons. The van der Waals surface area contributed by atoms with Crippen LogP contribution in [0.3, 0.4) is 0 Å². The van der Waals surface area contributed by atoms with Gasteiger partial charge in [0.2, 0.25) is 0 Å². The number of nitrogens with zero attached hydrogens (tertiary/aromatic N) is 3. The molecule has 2 aliphatic carbocycles. The Morgan fingerprint density at radius 1 is 1.24 bits per heavy atom. The third-order valence-corrected chi connectivity index (χ3v) is 5.44. The second-order valence-electron chi connectivity index (χ2n) is 5.74. The Bertz CT molecular complexity index is 676. The Kier molecular flexibility index (Phi) is 3.44. The first kappa shape index (κ1) is 13.6. The molecule has 4 rings (SSSR count). The van der Waals surface area contributed by atoms with Crippen LogP contribution in [0.2, 0.25) is 5.02 Å². The fourth-order valence-corrected chi connectivity index (χ4v) is 3.97. The predicted molar refractivity (Wildman–Crippen MR) is 83.7 cm³/mol. The molecule has 110 valence electrons. The van der Waals surface area contributed by atoms with Crippen LogP contribution in [0.25, 0.3) is 0 Å². The molecular formula is C15H17ClN4S. The summed E-state index contributed by atoms with van der Waals surface area (Å²) in [7, 11) is 0. The van der Waals surface area contributed by atoms with Crippen molar-refractivity contribution < 1.29 is 0 Å². The molecule has 2 fully saturated rings. The van der Waals surface area contributed by atoms with Crippen molar-refractivity contribution in [1.82, 2.24) is 14.8 Å². The highest BCUT2D eigenvalue weighted by atomic mass is 35.5. The van der Waals surface area contributed by atoms with E-state index in [1.807, 2.05) is 12.1 Å². The van der Waals surface area contributed by atoms with Gasteiger partial charge >= 0.3 is 0 Å². The van der Waals surface area contributed by atoms with E-state index >= 15 is 0 Å². The van der Waals surface area contributed by atoms with Crippen LogP contribution in [0.5, 0.6) is 0 Å². The van der Waals surface area contributed by atoms with E-state index in [0.29, 0.717) is 18.5 Å². The highest BCUT2D eigenvalue weighted by Gasteiger charge is 2.36. The normalized spacial score (nSPS) is 18.2. The minimum absolute atomic E-state index is 0.440. The largest absolute Gasteiger partial charge is 0.326 e. The van der Waals surface area contributed by atoms with Crippen LogP contribution in [-0.4, -0.2) is 14.8 Å². The van der Waals surface area contributed by atoms with E-state index in [4.69, 9.17) is 17.3 Å². The zero-order valence-electron chi connectivity index (χ0n) is 11.6. The van der Waals surface area contributed by atoms with Gasteiger partial charge in [0, 0.05) is 28.4 Å². The van der Waals surface area contributed by atoms with E-state index in [1.54, 1.807) is 11.8 Å². The van der Waals surface area contributed by atoms with Gasteiger partial charge in [0.15, 0.2) is 5.16 Å². The van der Waals surface area contributed by atoms with Crippen LogP contribution in [0, 0.1) is 0 Å². The maximum atomic E-state index is 6.24. The van der Waals surface area contributed by atoms with Crippen molar-refractivity contribution >= 4 is 23.4 Å². The Balaban J connectivity index is 1.70. The van der Waals surface area contributed by atoms with E-state index in [1.165, 1.54) is 31.5 Å². The van der Waals surface area contributed by atoms with Crippen LogP contribution >= 0.6 is 23.4 Å². The van der Waals surface area contributed by atoms with Gasteiger partial charge in [0.25, 0.3) is 0 Å². The highest BCUT2D eigenvalue weighted by Crippen LogP contribution is 2.47. The van der Waals surface area contributed by atoms with Crippen LogP contribution < -0.4 is 5.73 Å². The first-order chi connectivity index (χ1) is 10.3. The molecule has 2 aromatic rings. The summed E-state index contributed by atoms with van der Waals surface area (Å²) in [5, 5.41) is 10.6. The van der Waals surface area contributed by atoms with Crippen molar-refractivity contribution in [3.8, 4) is 0 Å². The minimum Gasteiger partial charge on any atom is -0.326 e. The van der Waals surface area contributed by atoms with E-state index < -0.39 is 0 Å². The first-order valence-electron chi connectivity index (χ1n) is 7.38. The third-order valence-electron chi connectivity index (χ3n) is 4.03. The molecule has 4 nitrogen and oxygen atoms in total. The molecule has 0 bridgehead atoms. The Hall–Kier alpha value is -1.04. The van der Waals surface area contributed by atoms with Gasteiger partial charge in [0.1, 0.15) is 5.82 Å². The van der Waals surface area contributed by atoms with Gasteiger partial charge in [-0.25, -0.2) is 0 Å². The van der Waals surface area contributed by atoms with Crippen molar-refractivity contribution in [2.24, 2.45) is 5.73 Å². The molecule has 2 aliphatic rings. The van der Waals surface area contributed by atoms with E-state index in [9.17, 15) is 0 Å². The summed E-state index contributed by atoms with van der Waals surface area (Å²) < 4.78 is 2.35. The topological polar surface area (TPSA) is 56.7 Å². The average molecular weight is 321 g/mol. The molecule has 6 heteroatoms. The number of hydrogen-bond acceptors (Lipinski definition) is 4. The molecule has 0 spiro atoms. The third kappa shape index (κ3) is 2.58. The van der Waals surface area contributed by atoms with Gasteiger partial charge in [-0.3, -0.25) is 0 Å². The predicted octanol–water partition coefficient (Wildman–Crippen LogP) is 3.75. The lowest BCUT2D eigenvalue weighted by atomic mass is 10.2. The molecule has 2 saturated carbocycles. The monoisotopic (exact) mass is 320 g/mol. The summed E-state index contributed by atoms with van der Waals surface area (Å²) >= 11 is 7.88. The zero-order valence-corrected chi connectivity index (χ0v) is 13.2. The zero-order chi connectivity index (χ0) is 14.4. The lowest BCUT2D eigenvalue weighted by Crippen LogP contribution is -2.03. The maximum absolute atomic E-state index is 6.24. The number of aromatic nitrogens is 3. The Labute approximate surface area is 133 Å². The summed E-state index contributed by atoms with van der Waals surface area (Å²) in [4.78, 5) is 1.08. The second kappa shape index (κ2) is 5.30. The Morgan fingerprint density at radius 2 is 2.05 bits per heavy atom. The Morgan fingerprint density at radius 3 is 2.71 bits per heavy atom. The summed E-state index contributed by atoms with van der Waals surface area (Å²) in [5.74, 6) is 1.80. The standard InChI is InChI=1S/C15H17ClN4S/c16-12-2-1-3-13(11(12)8-17)21-15-19-18-14(9-4-5-9)20(15)10-6-7-10/h1-3,9-10H,4-8,17H2. The molecule has 2 N–H and O–H groups in total. The molecule has 1 heterocycles. The van der Waals surface area contributed by atoms with Crippen LogP contribution in [0.15, 0.2) is 28.3 Å². The SMILES string of the molecule is NCc1c(Cl)cccc1Sc1nnc(C2CC2)n1C1CC1. The number of hydrogen-bond donors (Lipinski definition) is 1. The summed E-state index contributed by atoms with van der Waals surface area (Å²) in [6.07, 6.45) is 4.98. The van der Waals surface area contributed by atoms with E-state index in [2.05, 4.69) is 20.8 Å². The fraction of sp³-hybridized carbons (Fsp3) is 0.467. The molecule has 1 aromatic carbocycles. The number of halogens is 1. The number of rotatable bonds is 5. The minimum atomic E-state index is 0.440. The van der Waals surface area contributed by atoms with Crippen LogP contribution in [0.4, 0.5) is 0 Å². The quantitative estimate of drug-likeness (QED) is 0.911. The van der Waals surface area contributed by atoms with Crippen molar-refractivity contribution in [1.29, 1.82) is 0 Å². The molecule has 0 atom stereocenters. The molecule has 0 aliphatic heterocycles. The van der Waals surface area contributed by atoms with Gasteiger partial charge in [-0.15, -0.1) is 10.2 Å². The van der Waals surface area contributed by atoms with Gasteiger partial charge < -0.3 is 10.3 Å². The molecule has 0 amide bonds. The second-order valence-corrected chi connectivity index (χ2v) is 7.16. The smallest absolute Gasteiger partial charge is 0.196 e. The molecular weight excluding hydrogens is 304 g/mol. The van der Waals surface area contributed by atoms with Crippen LogP contribution in [-0.2, 0) is 6.54 Å². The molecule has 0 unspecified atom stereocenters. The van der Waals surface area contributed by atoms with Crippen molar-refractivity contribution in [3.05, 3.63) is 34.6 Å². The molecule has 0 saturated heterocycles. The van der Waals surface area contributed by atoms with E-state index in [0.717, 1.165) is 20.6 Å².